The van der Waals surface area contributed by atoms with Crippen molar-refractivity contribution in [2.24, 2.45) is 0 Å². The molecular weight excluding hydrogens is 467 g/mol. The Balaban J connectivity index is 1.36. The van der Waals surface area contributed by atoms with Crippen molar-refractivity contribution in [3.05, 3.63) is 66.2 Å². The van der Waals surface area contributed by atoms with Crippen molar-refractivity contribution in [2.45, 2.75) is 56.9 Å². The molecule has 1 aliphatic carbocycles. The number of fused-ring (bicyclic) bond motifs is 1. The maximum absolute atomic E-state index is 13.8. The van der Waals surface area contributed by atoms with Gasteiger partial charge in [-0.05, 0) is 50.8 Å². The predicted octanol–water partition coefficient (Wildman–Crippen LogP) is 5.52. The lowest BCUT2D eigenvalue weighted by molar-refractivity contribution is -0.137. The van der Waals surface area contributed by atoms with E-state index in [9.17, 15) is 13.2 Å². The van der Waals surface area contributed by atoms with Crippen LogP contribution in [0, 0.1) is 0 Å². The molecule has 0 bridgehead atoms. The summed E-state index contributed by atoms with van der Waals surface area (Å²) >= 11 is 0. The molecule has 188 valence electrons. The molecular formula is C26H28F3N7. The van der Waals surface area contributed by atoms with Gasteiger partial charge >= 0.3 is 6.18 Å². The molecule has 5 rings (SSSR count). The number of hydrogen-bond donors (Lipinski definition) is 4. The normalized spacial score (nSPS) is 20.5. The third-order valence-electron chi connectivity index (χ3n) is 6.79. The second kappa shape index (κ2) is 9.42. The summed E-state index contributed by atoms with van der Waals surface area (Å²) in [5, 5.41) is 7.57. The maximum Gasteiger partial charge on any atom is 0.419 e. The summed E-state index contributed by atoms with van der Waals surface area (Å²) in [5.41, 5.74) is 7.23. The third-order valence-corrected chi connectivity index (χ3v) is 6.79. The van der Waals surface area contributed by atoms with Crippen molar-refractivity contribution >= 4 is 22.5 Å². The van der Waals surface area contributed by atoms with Crippen LogP contribution in [0.15, 0.2) is 55.0 Å². The van der Waals surface area contributed by atoms with Crippen LogP contribution in [0.25, 0.3) is 22.2 Å². The largest absolute Gasteiger partial charge is 0.419 e. The van der Waals surface area contributed by atoms with Gasteiger partial charge in [0.15, 0.2) is 0 Å². The number of H-pyrrole nitrogens is 1. The lowest BCUT2D eigenvalue weighted by Crippen LogP contribution is -2.48. The van der Waals surface area contributed by atoms with E-state index < -0.39 is 11.7 Å². The number of hydrogen-bond acceptors (Lipinski definition) is 6. The van der Waals surface area contributed by atoms with Gasteiger partial charge in [0, 0.05) is 47.0 Å². The smallest absolute Gasteiger partial charge is 0.397 e. The van der Waals surface area contributed by atoms with Gasteiger partial charge in [0.05, 0.1) is 23.3 Å². The number of nitrogens with two attached hydrogens (primary N) is 1. The highest BCUT2D eigenvalue weighted by atomic mass is 19.4. The predicted molar refractivity (Wildman–Crippen MR) is 134 cm³/mol. The van der Waals surface area contributed by atoms with Crippen LogP contribution in [-0.2, 0) is 12.7 Å². The van der Waals surface area contributed by atoms with E-state index in [1.54, 1.807) is 24.5 Å². The topological polar surface area (TPSA) is 105 Å². The molecule has 3 heterocycles. The molecule has 7 nitrogen and oxygen atoms in total. The van der Waals surface area contributed by atoms with Crippen LogP contribution >= 0.6 is 0 Å². The average molecular weight is 496 g/mol. The van der Waals surface area contributed by atoms with Crippen LogP contribution in [0.3, 0.4) is 0 Å². The Morgan fingerprint density at radius 3 is 2.75 bits per heavy atom. The maximum atomic E-state index is 13.8. The highest BCUT2D eigenvalue weighted by Crippen LogP contribution is 2.39. The summed E-state index contributed by atoms with van der Waals surface area (Å²) < 4.78 is 41.5. The molecule has 2 unspecified atom stereocenters. The molecule has 1 saturated carbocycles. The van der Waals surface area contributed by atoms with Gasteiger partial charge in [-0.25, -0.2) is 9.97 Å². The number of rotatable bonds is 6. The number of anilines is 2. The fraction of sp³-hybridized carbons (Fsp3) is 0.346. The molecule has 0 spiro atoms. The number of nitrogens with one attached hydrogen (secondary N) is 3. The van der Waals surface area contributed by atoms with Crippen LogP contribution in [0.2, 0.25) is 0 Å². The Morgan fingerprint density at radius 1 is 1.14 bits per heavy atom. The number of nitrogens with zero attached hydrogens (tertiary/aromatic N) is 3. The zero-order valence-electron chi connectivity index (χ0n) is 19.9. The standard InChI is InChI=1S/C26H28F3N7/c1-25(34-13-18-9-8-16(30)12-31-18)10-4-5-17(11-25)35-24-33-15-21(26(27,28)29)23(36-24)20-14-32-22-7-3-2-6-19(20)22/h2-3,6-9,12,14-15,17,32,34H,4-5,10-11,13,30H2,1H3,(H,33,35,36). The zero-order valence-corrected chi connectivity index (χ0v) is 19.9. The number of nitrogen functional groups attached to an aromatic ring is 1. The molecule has 3 aromatic heterocycles. The first-order valence-electron chi connectivity index (χ1n) is 11.9. The number of para-hydroxylation sites is 1. The second-order valence-electron chi connectivity index (χ2n) is 9.64. The second-order valence-corrected chi connectivity index (χ2v) is 9.64. The first-order valence-corrected chi connectivity index (χ1v) is 11.9. The minimum Gasteiger partial charge on any atom is -0.397 e. The van der Waals surface area contributed by atoms with E-state index >= 15 is 0 Å². The summed E-state index contributed by atoms with van der Waals surface area (Å²) in [6.07, 6.45) is 3.10. The minimum atomic E-state index is -4.57. The van der Waals surface area contributed by atoms with Gasteiger partial charge in [-0.2, -0.15) is 13.2 Å². The fourth-order valence-corrected chi connectivity index (χ4v) is 4.93. The van der Waals surface area contributed by atoms with Crippen LogP contribution in [0.5, 0.6) is 0 Å². The van der Waals surface area contributed by atoms with Crippen molar-refractivity contribution in [2.75, 3.05) is 11.1 Å². The fourth-order valence-electron chi connectivity index (χ4n) is 4.93. The number of pyridine rings is 1. The quantitative estimate of drug-likeness (QED) is 0.281. The Labute approximate surface area is 206 Å². The van der Waals surface area contributed by atoms with Crippen molar-refractivity contribution < 1.29 is 13.2 Å². The van der Waals surface area contributed by atoms with Crippen molar-refractivity contribution in [3.63, 3.8) is 0 Å². The van der Waals surface area contributed by atoms with Crippen molar-refractivity contribution in [1.82, 2.24) is 25.3 Å². The molecule has 4 aromatic rings. The summed E-state index contributed by atoms with van der Waals surface area (Å²) in [6.45, 7) is 2.76. The van der Waals surface area contributed by atoms with Crippen LogP contribution in [0.4, 0.5) is 24.8 Å². The molecule has 0 radical (unpaired) electrons. The lowest BCUT2D eigenvalue weighted by atomic mass is 9.80. The molecule has 1 aromatic carbocycles. The van der Waals surface area contributed by atoms with E-state index in [2.05, 4.69) is 37.5 Å². The lowest BCUT2D eigenvalue weighted by Gasteiger charge is -2.39. The molecule has 1 fully saturated rings. The summed E-state index contributed by atoms with van der Waals surface area (Å²) in [7, 11) is 0. The summed E-state index contributed by atoms with van der Waals surface area (Å²) in [4.78, 5) is 15.8. The molecule has 36 heavy (non-hydrogen) atoms. The zero-order chi connectivity index (χ0) is 25.3. The molecule has 0 amide bonds. The van der Waals surface area contributed by atoms with Gasteiger partial charge in [0.25, 0.3) is 0 Å². The Bertz CT molecular complexity index is 1350. The monoisotopic (exact) mass is 495 g/mol. The van der Waals surface area contributed by atoms with Gasteiger partial charge in [-0.3, -0.25) is 4.98 Å². The third kappa shape index (κ3) is 5.13. The average Bonchev–Trinajstić information content (AvgIpc) is 3.27. The number of halogens is 3. The Morgan fingerprint density at radius 2 is 1.97 bits per heavy atom. The number of aromatic amines is 1. The highest BCUT2D eigenvalue weighted by Gasteiger charge is 2.37. The molecule has 0 aliphatic heterocycles. The number of alkyl halides is 3. The molecule has 5 N–H and O–H groups in total. The van der Waals surface area contributed by atoms with E-state index in [1.165, 1.54) is 0 Å². The number of benzene rings is 1. The Kier molecular flexibility index (Phi) is 6.29. The van der Waals surface area contributed by atoms with Gasteiger partial charge in [-0.1, -0.05) is 18.2 Å². The van der Waals surface area contributed by atoms with Crippen molar-refractivity contribution in [3.8, 4) is 11.3 Å². The first kappa shape index (κ1) is 24.1. The highest BCUT2D eigenvalue weighted by molar-refractivity contribution is 5.95. The van der Waals surface area contributed by atoms with E-state index in [0.717, 1.165) is 43.1 Å². The van der Waals surface area contributed by atoms with Crippen LogP contribution in [-0.4, -0.2) is 31.5 Å². The number of aromatic nitrogens is 4. The van der Waals surface area contributed by atoms with Gasteiger partial charge in [0.1, 0.15) is 5.56 Å². The summed E-state index contributed by atoms with van der Waals surface area (Å²) in [5.74, 6) is 0.192. The first-order chi connectivity index (χ1) is 17.2. The van der Waals surface area contributed by atoms with E-state index in [4.69, 9.17) is 5.73 Å². The molecule has 1 aliphatic rings. The van der Waals surface area contributed by atoms with Crippen molar-refractivity contribution in [1.29, 1.82) is 0 Å². The van der Waals surface area contributed by atoms with Gasteiger partial charge in [0.2, 0.25) is 5.95 Å². The van der Waals surface area contributed by atoms with Crippen LogP contribution in [0.1, 0.15) is 43.9 Å². The van der Waals surface area contributed by atoms with E-state index in [-0.39, 0.29) is 23.2 Å². The van der Waals surface area contributed by atoms with E-state index in [0.29, 0.717) is 23.2 Å². The molecule has 10 heteroatoms. The van der Waals surface area contributed by atoms with Gasteiger partial charge < -0.3 is 21.4 Å². The minimum absolute atomic E-state index is 0.0168. The van der Waals surface area contributed by atoms with E-state index in [1.807, 2.05) is 24.3 Å². The SMILES string of the molecule is CC1(NCc2ccc(N)cn2)CCCC(Nc2ncc(C(F)(F)F)c(-c3c[nH]c4ccccc34)n2)C1. The van der Waals surface area contributed by atoms with Crippen LogP contribution < -0.4 is 16.4 Å². The molecule has 0 saturated heterocycles. The van der Waals surface area contributed by atoms with Gasteiger partial charge in [-0.15, -0.1) is 0 Å². The molecule has 2 atom stereocenters. The Hall–Kier alpha value is -3.66. The summed E-state index contributed by atoms with van der Waals surface area (Å²) in [6, 6.07) is 11.0.